The first-order valence-electron chi connectivity index (χ1n) is 18.0. The van der Waals surface area contributed by atoms with E-state index in [1.165, 1.54) is 14.2 Å². The van der Waals surface area contributed by atoms with Crippen LogP contribution in [0.1, 0.15) is 78.1 Å². The lowest BCUT2D eigenvalue weighted by molar-refractivity contribution is -0.297. The van der Waals surface area contributed by atoms with E-state index in [4.69, 9.17) is 37.6 Å². The maximum Gasteiger partial charge on any atom is 0.339 e. The van der Waals surface area contributed by atoms with E-state index in [2.05, 4.69) is 46.5 Å². The molecule has 0 saturated carbocycles. The van der Waals surface area contributed by atoms with E-state index >= 15 is 0 Å². The number of carbonyl (C=O) groups is 2. The number of hydrogen-bond donors (Lipinski definition) is 1. The molecule has 0 aromatic heterocycles. The molecular weight excluding hydrogens is 659 g/mol. The standard InChI is InChI=1S/C38H63NO10Si/c1-13-50(14-2,15-3)49-32-22-30(46-31(37(32,7)8)21-29(43-10)24-42-9)35(44-11)39-34(40)33(47-36(41)28-19-17-16-18-20-28)38(45-12)23-25(4)26(5)27(6)48-38/h16-20,26-27,29-33,35H,4,13-15,21-24H2,1-3,5-12H3,(H,39,40)/t26-,27-,29+,30+,31-,32-,33-,35+,38-/m1/s1. The SMILES string of the molecule is C=C1C[C@](OC)([C@H](OC(=O)c2ccccc2)C(=O)N[C@@H](OC)[C@@H]2C[C@@H](O[Si](CC)(CC)CC)C(C)(C)[C@@H](C[C@@H](COC)OC)O2)O[C@H](C)[C@@H]1C. The summed E-state index contributed by atoms with van der Waals surface area (Å²) in [6.45, 7) is 19.5. The maximum atomic E-state index is 14.5. The van der Waals surface area contributed by atoms with Gasteiger partial charge in [-0.25, -0.2) is 4.79 Å². The van der Waals surface area contributed by atoms with Gasteiger partial charge in [0.15, 0.2) is 14.5 Å². The molecule has 2 saturated heterocycles. The van der Waals surface area contributed by atoms with E-state index in [1.54, 1.807) is 44.6 Å². The number of nitrogens with one attached hydrogen (secondary N) is 1. The van der Waals surface area contributed by atoms with E-state index in [-0.39, 0.29) is 42.3 Å². The van der Waals surface area contributed by atoms with Gasteiger partial charge in [-0.15, -0.1) is 0 Å². The van der Waals surface area contributed by atoms with Crippen LogP contribution in [-0.2, 0) is 42.4 Å². The first-order chi connectivity index (χ1) is 23.7. The molecule has 12 heteroatoms. The third-order valence-electron chi connectivity index (χ3n) is 11.2. The van der Waals surface area contributed by atoms with Crippen LogP contribution in [0.25, 0.3) is 0 Å². The van der Waals surface area contributed by atoms with Crippen molar-refractivity contribution in [1.29, 1.82) is 0 Å². The van der Waals surface area contributed by atoms with Crippen LogP contribution in [0.15, 0.2) is 42.5 Å². The first-order valence-corrected chi connectivity index (χ1v) is 20.6. The zero-order valence-corrected chi connectivity index (χ0v) is 33.2. The molecule has 1 aromatic carbocycles. The van der Waals surface area contributed by atoms with Crippen molar-refractivity contribution < 1.29 is 47.2 Å². The van der Waals surface area contributed by atoms with E-state index in [9.17, 15) is 9.59 Å². The molecule has 11 nitrogen and oxygen atoms in total. The lowest BCUT2D eigenvalue weighted by Crippen LogP contribution is -2.64. The molecule has 2 fully saturated rings. The molecule has 0 radical (unpaired) electrons. The zero-order valence-electron chi connectivity index (χ0n) is 32.2. The van der Waals surface area contributed by atoms with Crippen molar-refractivity contribution in [2.75, 3.05) is 35.0 Å². The van der Waals surface area contributed by atoms with Crippen molar-refractivity contribution in [2.45, 2.75) is 134 Å². The van der Waals surface area contributed by atoms with Crippen molar-refractivity contribution in [3.8, 4) is 0 Å². The average molecular weight is 722 g/mol. The quantitative estimate of drug-likeness (QED) is 0.0804. The summed E-state index contributed by atoms with van der Waals surface area (Å²) in [7, 11) is 4.22. The molecular formula is C38H63NO10Si. The van der Waals surface area contributed by atoms with Gasteiger partial charge in [0, 0.05) is 59.0 Å². The summed E-state index contributed by atoms with van der Waals surface area (Å²) in [5.74, 6) is -2.96. The monoisotopic (exact) mass is 721 g/mol. The highest BCUT2D eigenvalue weighted by molar-refractivity contribution is 6.73. The summed E-state index contributed by atoms with van der Waals surface area (Å²) in [5.41, 5.74) is 0.719. The molecule has 0 bridgehead atoms. The maximum absolute atomic E-state index is 14.5. The molecule has 3 rings (SSSR count). The van der Waals surface area contributed by atoms with Crippen molar-refractivity contribution in [2.24, 2.45) is 11.3 Å². The fraction of sp³-hybridized carbons (Fsp3) is 0.737. The Morgan fingerprint density at radius 3 is 2.18 bits per heavy atom. The van der Waals surface area contributed by atoms with Gasteiger partial charge in [-0.2, -0.15) is 0 Å². The Kier molecular flexibility index (Phi) is 15.7. The van der Waals surface area contributed by atoms with Gasteiger partial charge in [-0.3, -0.25) is 4.79 Å². The van der Waals surface area contributed by atoms with Crippen LogP contribution in [0.3, 0.4) is 0 Å². The Morgan fingerprint density at radius 1 is 1.02 bits per heavy atom. The summed E-state index contributed by atoms with van der Waals surface area (Å²) in [6, 6.07) is 11.5. The first kappa shape index (κ1) is 42.3. The van der Waals surface area contributed by atoms with Crippen LogP contribution >= 0.6 is 0 Å². The van der Waals surface area contributed by atoms with Crippen LogP contribution in [0.5, 0.6) is 0 Å². The van der Waals surface area contributed by atoms with Gasteiger partial charge in [0.05, 0.1) is 36.6 Å². The van der Waals surface area contributed by atoms with Gasteiger partial charge >= 0.3 is 5.97 Å². The van der Waals surface area contributed by atoms with Crippen molar-refractivity contribution >= 4 is 20.2 Å². The Labute approximate surface area is 301 Å². The molecule has 1 N–H and O–H groups in total. The second kappa shape index (κ2) is 18.5. The number of hydrogen-bond acceptors (Lipinski definition) is 10. The Hall–Kier alpha value is -2.16. The minimum absolute atomic E-state index is 0.00506. The molecule has 2 aliphatic rings. The summed E-state index contributed by atoms with van der Waals surface area (Å²) < 4.78 is 49.5. The number of methoxy groups -OCH3 is 4. The molecule has 0 aliphatic carbocycles. The third kappa shape index (κ3) is 9.63. The smallest absolute Gasteiger partial charge is 0.339 e. The number of benzene rings is 1. The molecule has 2 aliphatic heterocycles. The molecule has 50 heavy (non-hydrogen) atoms. The fourth-order valence-electron chi connectivity index (χ4n) is 7.14. The highest BCUT2D eigenvalue weighted by atomic mass is 28.4. The van der Waals surface area contributed by atoms with Crippen molar-refractivity contribution in [1.82, 2.24) is 5.32 Å². The summed E-state index contributed by atoms with van der Waals surface area (Å²) in [6.07, 6.45) is -2.93. The molecule has 2 heterocycles. The number of amides is 1. The van der Waals surface area contributed by atoms with E-state index in [0.29, 0.717) is 19.4 Å². The summed E-state index contributed by atoms with van der Waals surface area (Å²) in [4.78, 5) is 28.0. The van der Waals surface area contributed by atoms with E-state index in [1.807, 2.05) is 13.8 Å². The van der Waals surface area contributed by atoms with Gasteiger partial charge < -0.3 is 42.9 Å². The predicted molar refractivity (Wildman–Crippen MR) is 194 cm³/mol. The van der Waals surface area contributed by atoms with Crippen LogP contribution < -0.4 is 5.32 Å². The van der Waals surface area contributed by atoms with Crippen molar-refractivity contribution in [3.63, 3.8) is 0 Å². The van der Waals surface area contributed by atoms with Crippen LogP contribution in [0.2, 0.25) is 18.1 Å². The summed E-state index contributed by atoms with van der Waals surface area (Å²) >= 11 is 0. The molecule has 1 amide bonds. The fourth-order valence-corrected chi connectivity index (χ4v) is 10.1. The number of esters is 1. The molecule has 0 unspecified atom stereocenters. The highest BCUT2D eigenvalue weighted by Gasteiger charge is 2.55. The molecule has 0 spiro atoms. The van der Waals surface area contributed by atoms with E-state index in [0.717, 1.165) is 23.7 Å². The Bertz CT molecular complexity index is 1230. The lowest BCUT2D eigenvalue weighted by Gasteiger charge is -2.52. The highest BCUT2D eigenvalue weighted by Crippen LogP contribution is 2.44. The number of ether oxygens (including phenoxy) is 7. The van der Waals surface area contributed by atoms with Crippen molar-refractivity contribution in [3.05, 3.63) is 48.0 Å². The minimum atomic E-state index is -2.06. The topological polar surface area (TPSA) is 120 Å². The average Bonchev–Trinajstić information content (AvgIpc) is 3.11. The van der Waals surface area contributed by atoms with E-state index < -0.39 is 49.8 Å². The van der Waals surface area contributed by atoms with Gasteiger partial charge in [-0.1, -0.05) is 71.9 Å². The summed E-state index contributed by atoms with van der Waals surface area (Å²) in [5, 5.41) is 3.00. The number of rotatable bonds is 18. The van der Waals surface area contributed by atoms with Gasteiger partial charge in [0.25, 0.3) is 5.91 Å². The zero-order chi connectivity index (χ0) is 37.3. The van der Waals surface area contributed by atoms with Gasteiger partial charge in [-0.05, 0) is 37.2 Å². The van der Waals surface area contributed by atoms with Crippen LogP contribution in [0, 0.1) is 11.3 Å². The molecule has 1 aromatic rings. The Balaban J connectivity index is 2.01. The minimum Gasteiger partial charge on any atom is -0.443 e. The second-order valence-corrected chi connectivity index (χ2v) is 19.1. The second-order valence-electron chi connectivity index (χ2n) is 14.4. The lowest BCUT2D eigenvalue weighted by atomic mass is 9.74. The largest absolute Gasteiger partial charge is 0.443 e. The molecule has 284 valence electrons. The van der Waals surface area contributed by atoms with Crippen LogP contribution in [0.4, 0.5) is 0 Å². The van der Waals surface area contributed by atoms with Gasteiger partial charge in [0.1, 0.15) is 6.10 Å². The van der Waals surface area contributed by atoms with Crippen LogP contribution in [-0.4, -0.2) is 104 Å². The number of carbonyl (C=O) groups excluding carboxylic acids is 2. The third-order valence-corrected chi connectivity index (χ3v) is 15.9. The predicted octanol–water partition coefficient (Wildman–Crippen LogP) is 6.27. The Morgan fingerprint density at radius 2 is 1.66 bits per heavy atom. The normalized spacial score (nSPS) is 28.8. The van der Waals surface area contributed by atoms with Gasteiger partial charge in [0.2, 0.25) is 11.9 Å². The molecule has 9 atom stereocenters.